The van der Waals surface area contributed by atoms with Crippen LogP contribution in [0, 0.1) is 5.92 Å². The number of rotatable bonds is 4. The summed E-state index contributed by atoms with van der Waals surface area (Å²) in [6, 6.07) is 5.86. The van der Waals surface area contributed by atoms with E-state index in [1.807, 2.05) is 23.6 Å². The monoisotopic (exact) mass is 346 g/mol. The van der Waals surface area contributed by atoms with Crippen molar-refractivity contribution in [2.75, 3.05) is 30.4 Å². The van der Waals surface area contributed by atoms with Gasteiger partial charge in [0.15, 0.2) is 10.3 Å². The van der Waals surface area contributed by atoms with Crippen molar-refractivity contribution in [1.29, 1.82) is 0 Å². The van der Waals surface area contributed by atoms with Gasteiger partial charge in [-0.05, 0) is 18.2 Å². The van der Waals surface area contributed by atoms with E-state index < -0.39 is 0 Å². The zero-order valence-electron chi connectivity index (χ0n) is 12.4. The second-order valence-corrected chi connectivity index (χ2v) is 7.16. The second-order valence-electron chi connectivity index (χ2n) is 5.26. The molecule has 4 rings (SSSR count). The Morgan fingerprint density at radius 2 is 2.30 bits per heavy atom. The zero-order chi connectivity index (χ0) is 15.8. The maximum absolute atomic E-state index is 12.1. The summed E-state index contributed by atoms with van der Waals surface area (Å²) in [4.78, 5) is 22.9. The smallest absolute Gasteiger partial charge is 0.232 e. The highest BCUT2D eigenvalue weighted by Crippen LogP contribution is 2.34. The van der Waals surface area contributed by atoms with Crippen LogP contribution in [0.1, 0.15) is 0 Å². The third-order valence-electron chi connectivity index (χ3n) is 3.77. The summed E-state index contributed by atoms with van der Waals surface area (Å²) in [6.07, 6.45) is 1.68. The lowest BCUT2D eigenvalue weighted by Gasteiger charge is -2.37. The molecule has 23 heavy (non-hydrogen) atoms. The van der Waals surface area contributed by atoms with Crippen molar-refractivity contribution in [3.8, 4) is 5.75 Å². The minimum Gasteiger partial charge on any atom is -0.497 e. The second kappa shape index (κ2) is 5.78. The number of hydrogen-bond donors (Lipinski definition) is 1. The van der Waals surface area contributed by atoms with Crippen LogP contribution >= 0.6 is 22.7 Å². The largest absolute Gasteiger partial charge is 0.497 e. The molecule has 6 nitrogen and oxygen atoms in total. The Balaban J connectivity index is 1.42. The molecule has 0 radical (unpaired) electrons. The molecule has 8 heteroatoms. The summed E-state index contributed by atoms with van der Waals surface area (Å²) in [5, 5.41) is 6.29. The summed E-state index contributed by atoms with van der Waals surface area (Å²) in [5.74, 6) is 0.844. The summed E-state index contributed by atoms with van der Waals surface area (Å²) in [5.41, 5.74) is 0.960. The lowest BCUT2D eigenvalue weighted by Crippen LogP contribution is -2.52. The molecule has 0 aliphatic carbocycles. The molecule has 1 aliphatic heterocycles. The van der Waals surface area contributed by atoms with Gasteiger partial charge in [-0.15, -0.1) is 11.3 Å². The van der Waals surface area contributed by atoms with Crippen molar-refractivity contribution >= 4 is 49.1 Å². The predicted octanol–water partition coefficient (Wildman–Crippen LogP) is 2.84. The zero-order valence-corrected chi connectivity index (χ0v) is 14.0. The van der Waals surface area contributed by atoms with E-state index >= 15 is 0 Å². The highest BCUT2D eigenvalue weighted by molar-refractivity contribution is 7.22. The molecule has 0 saturated carbocycles. The average Bonchev–Trinajstić information content (AvgIpc) is 3.13. The van der Waals surface area contributed by atoms with Gasteiger partial charge in [0.05, 0.1) is 23.2 Å². The Bertz CT molecular complexity index is 840. The van der Waals surface area contributed by atoms with Gasteiger partial charge in [-0.25, -0.2) is 9.97 Å². The van der Waals surface area contributed by atoms with Crippen LogP contribution in [0.4, 0.5) is 10.3 Å². The molecule has 0 unspecified atom stereocenters. The molecule has 1 aliphatic rings. The number of carbonyl (C=O) groups excluding carboxylic acids is 1. The molecule has 0 bridgehead atoms. The number of aromatic nitrogens is 2. The molecule has 3 aromatic rings. The molecule has 1 saturated heterocycles. The molecular weight excluding hydrogens is 332 g/mol. The van der Waals surface area contributed by atoms with Crippen molar-refractivity contribution in [3.05, 3.63) is 29.8 Å². The fourth-order valence-corrected chi connectivity index (χ4v) is 3.99. The number of amides is 1. The van der Waals surface area contributed by atoms with Crippen molar-refractivity contribution in [1.82, 2.24) is 9.97 Å². The molecule has 0 spiro atoms. The minimum absolute atomic E-state index is 0.0135. The maximum Gasteiger partial charge on any atom is 0.232 e. The van der Waals surface area contributed by atoms with E-state index in [9.17, 15) is 4.79 Å². The molecule has 118 valence electrons. The number of ether oxygens (including phenoxy) is 1. The van der Waals surface area contributed by atoms with Crippen molar-refractivity contribution in [2.45, 2.75) is 0 Å². The molecule has 1 amide bonds. The summed E-state index contributed by atoms with van der Waals surface area (Å²) < 4.78 is 6.33. The summed E-state index contributed by atoms with van der Waals surface area (Å²) in [7, 11) is 1.66. The lowest BCUT2D eigenvalue weighted by molar-refractivity contribution is -0.120. The predicted molar refractivity (Wildman–Crippen MR) is 92.6 cm³/mol. The Kier molecular flexibility index (Phi) is 3.62. The third kappa shape index (κ3) is 2.75. The maximum atomic E-state index is 12.1. The number of anilines is 2. The molecule has 0 atom stereocenters. The fraction of sp³-hybridized carbons (Fsp3) is 0.267. The lowest BCUT2D eigenvalue weighted by atomic mass is 10.0. The Hall–Kier alpha value is -2.19. The van der Waals surface area contributed by atoms with Gasteiger partial charge in [0.1, 0.15) is 5.75 Å². The van der Waals surface area contributed by atoms with Crippen LogP contribution in [0.5, 0.6) is 5.75 Å². The number of nitrogens with one attached hydrogen (secondary N) is 1. The van der Waals surface area contributed by atoms with E-state index in [2.05, 4.69) is 20.2 Å². The van der Waals surface area contributed by atoms with Crippen LogP contribution in [-0.2, 0) is 4.79 Å². The first-order valence-electron chi connectivity index (χ1n) is 7.13. The van der Waals surface area contributed by atoms with Crippen molar-refractivity contribution < 1.29 is 9.53 Å². The van der Waals surface area contributed by atoms with E-state index in [4.69, 9.17) is 4.74 Å². The molecule has 3 heterocycles. The van der Waals surface area contributed by atoms with Crippen LogP contribution in [0.15, 0.2) is 29.8 Å². The van der Waals surface area contributed by atoms with Crippen LogP contribution in [0.25, 0.3) is 10.2 Å². The molecule has 2 aromatic heterocycles. The highest BCUT2D eigenvalue weighted by Gasteiger charge is 2.34. The number of methoxy groups -OCH3 is 1. The van der Waals surface area contributed by atoms with Gasteiger partial charge in [-0.1, -0.05) is 11.3 Å². The van der Waals surface area contributed by atoms with Gasteiger partial charge in [0.25, 0.3) is 0 Å². The van der Waals surface area contributed by atoms with Crippen LogP contribution in [0.2, 0.25) is 0 Å². The van der Waals surface area contributed by atoms with Gasteiger partial charge in [-0.3, -0.25) is 4.79 Å². The summed E-state index contributed by atoms with van der Waals surface area (Å²) >= 11 is 3.05. The fourth-order valence-electron chi connectivity index (χ4n) is 2.45. The van der Waals surface area contributed by atoms with Crippen molar-refractivity contribution in [3.63, 3.8) is 0 Å². The molecule has 1 fully saturated rings. The van der Waals surface area contributed by atoms with Gasteiger partial charge in [-0.2, -0.15) is 0 Å². The topological polar surface area (TPSA) is 67.3 Å². The standard InChI is InChI=1S/C15H14N4O2S2/c1-21-10-2-3-11-12(6-10)23-15(17-11)19-7-9(8-19)13(20)18-14-16-4-5-22-14/h2-6,9H,7-8H2,1H3,(H,16,18,20). The number of thiazole rings is 2. The van der Waals surface area contributed by atoms with Crippen molar-refractivity contribution in [2.24, 2.45) is 5.92 Å². The first-order valence-corrected chi connectivity index (χ1v) is 8.82. The van der Waals surface area contributed by atoms with E-state index in [1.54, 1.807) is 24.6 Å². The van der Waals surface area contributed by atoms with Gasteiger partial charge >= 0.3 is 0 Å². The van der Waals surface area contributed by atoms with Crippen LogP contribution in [0.3, 0.4) is 0 Å². The molecule has 1 N–H and O–H groups in total. The van der Waals surface area contributed by atoms with E-state index in [1.165, 1.54) is 11.3 Å². The SMILES string of the molecule is COc1ccc2nc(N3CC(C(=O)Nc4nccs4)C3)sc2c1. The van der Waals surface area contributed by atoms with E-state index in [0.717, 1.165) is 21.1 Å². The van der Waals surface area contributed by atoms with Crippen LogP contribution < -0.4 is 15.0 Å². The minimum atomic E-state index is -0.0135. The first-order chi connectivity index (χ1) is 11.2. The Morgan fingerprint density at radius 3 is 3.04 bits per heavy atom. The van der Waals surface area contributed by atoms with Gasteiger partial charge < -0.3 is 15.0 Å². The first kappa shape index (κ1) is 14.4. The summed E-state index contributed by atoms with van der Waals surface area (Å²) in [6.45, 7) is 1.38. The number of hydrogen-bond acceptors (Lipinski definition) is 7. The third-order valence-corrected chi connectivity index (χ3v) is 5.54. The van der Waals surface area contributed by atoms with E-state index in [-0.39, 0.29) is 11.8 Å². The Morgan fingerprint density at radius 1 is 1.43 bits per heavy atom. The molecular formula is C15H14N4O2S2. The highest BCUT2D eigenvalue weighted by atomic mass is 32.1. The number of carbonyl (C=O) groups is 1. The quantitative estimate of drug-likeness (QED) is 0.787. The number of benzene rings is 1. The molecule has 1 aromatic carbocycles. The average molecular weight is 346 g/mol. The van der Waals surface area contributed by atoms with E-state index in [0.29, 0.717) is 18.2 Å². The number of fused-ring (bicyclic) bond motifs is 1. The normalized spacial score (nSPS) is 14.7. The van der Waals surface area contributed by atoms with Crippen LogP contribution in [-0.4, -0.2) is 36.1 Å². The Labute approximate surface area is 140 Å². The van der Waals surface area contributed by atoms with Gasteiger partial charge in [0, 0.05) is 24.7 Å². The van der Waals surface area contributed by atoms with Gasteiger partial charge in [0.2, 0.25) is 5.91 Å². The number of nitrogens with zero attached hydrogens (tertiary/aromatic N) is 3.